The van der Waals surface area contributed by atoms with Crippen LogP contribution in [0.1, 0.15) is 18.9 Å². The largest absolute Gasteiger partial charge is 0.394 e. The third-order valence-corrected chi connectivity index (χ3v) is 4.49. The molecule has 0 radical (unpaired) electrons. The van der Waals surface area contributed by atoms with Crippen molar-refractivity contribution in [3.8, 4) is 0 Å². The van der Waals surface area contributed by atoms with E-state index in [0.29, 0.717) is 6.42 Å². The fourth-order valence-corrected chi connectivity index (χ4v) is 2.80. The zero-order valence-electron chi connectivity index (χ0n) is 12.2. The minimum absolute atomic E-state index is 0.0909. The lowest BCUT2D eigenvalue weighted by atomic mass is 9.76. The Bertz CT molecular complexity index is 438. The monoisotopic (exact) mass is 296 g/mol. The molecule has 1 heterocycles. The first-order chi connectivity index (χ1) is 9.99. The SMILES string of the molecule is CC(CCc1ccccc1)[C@@]1(O)CO[C@H](CO)[C@@H](O)[C@@H]1O. The molecule has 2 rings (SSSR count). The van der Waals surface area contributed by atoms with Crippen molar-refractivity contribution in [1.82, 2.24) is 0 Å². The van der Waals surface area contributed by atoms with Crippen LogP contribution in [0.4, 0.5) is 0 Å². The number of hydrogen-bond donors (Lipinski definition) is 4. The van der Waals surface area contributed by atoms with Gasteiger partial charge in [-0.15, -0.1) is 0 Å². The molecule has 118 valence electrons. The summed E-state index contributed by atoms with van der Waals surface area (Å²) < 4.78 is 5.29. The van der Waals surface area contributed by atoms with E-state index in [1.807, 2.05) is 37.3 Å². The molecule has 1 aromatic rings. The Morgan fingerprint density at radius 3 is 2.57 bits per heavy atom. The highest BCUT2D eigenvalue weighted by Crippen LogP contribution is 2.33. The third-order valence-electron chi connectivity index (χ3n) is 4.49. The molecule has 0 saturated carbocycles. The van der Waals surface area contributed by atoms with E-state index in [1.165, 1.54) is 0 Å². The van der Waals surface area contributed by atoms with Crippen molar-refractivity contribution in [1.29, 1.82) is 0 Å². The first-order valence-corrected chi connectivity index (χ1v) is 7.34. The van der Waals surface area contributed by atoms with Gasteiger partial charge in [0.15, 0.2) is 0 Å². The van der Waals surface area contributed by atoms with Crippen LogP contribution < -0.4 is 0 Å². The van der Waals surface area contributed by atoms with Gasteiger partial charge >= 0.3 is 0 Å². The van der Waals surface area contributed by atoms with Crippen LogP contribution in [0.3, 0.4) is 0 Å². The fraction of sp³-hybridized carbons (Fsp3) is 0.625. The van der Waals surface area contributed by atoms with Gasteiger partial charge < -0.3 is 25.2 Å². The average Bonchev–Trinajstić information content (AvgIpc) is 2.51. The normalized spacial score (nSPS) is 34.6. The van der Waals surface area contributed by atoms with E-state index in [4.69, 9.17) is 9.84 Å². The quantitative estimate of drug-likeness (QED) is 0.619. The zero-order valence-corrected chi connectivity index (χ0v) is 12.2. The molecule has 5 heteroatoms. The summed E-state index contributed by atoms with van der Waals surface area (Å²) >= 11 is 0. The summed E-state index contributed by atoms with van der Waals surface area (Å²) in [6, 6.07) is 9.90. The molecule has 4 N–H and O–H groups in total. The maximum atomic E-state index is 10.7. The van der Waals surface area contributed by atoms with E-state index >= 15 is 0 Å². The van der Waals surface area contributed by atoms with Crippen molar-refractivity contribution >= 4 is 0 Å². The fourth-order valence-electron chi connectivity index (χ4n) is 2.80. The van der Waals surface area contributed by atoms with E-state index in [9.17, 15) is 15.3 Å². The number of aliphatic hydroxyl groups excluding tert-OH is 3. The summed E-state index contributed by atoms with van der Waals surface area (Å²) in [5.41, 5.74) is -0.340. The number of aliphatic hydroxyl groups is 4. The van der Waals surface area contributed by atoms with E-state index in [2.05, 4.69) is 0 Å². The second-order valence-corrected chi connectivity index (χ2v) is 5.88. The number of ether oxygens (including phenoxy) is 1. The minimum atomic E-state index is -1.50. The van der Waals surface area contributed by atoms with Crippen LogP contribution in [0, 0.1) is 5.92 Å². The molecular formula is C16H24O5. The molecule has 0 aliphatic carbocycles. The van der Waals surface area contributed by atoms with Gasteiger partial charge in [-0.05, 0) is 24.3 Å². The Hall–Kier alpha value is -0.980. The number of rotatable bonds is 5. The van der Waals surface area contributed by atoms with Crippen molar-refractivity contribution in [3.63, 3.8) is 0 Å². The average molecular weight is 296 g/mol. The predicted molar refractivity (Wildman–Crippen MR) is 77.7 cm³/mol. The molecule has 5 atom stereocenters. The highest BCUT2D eigenvalue weighted by molar-refractivity contribution is 5.15. The molecular weight excluding hydrogens is 272 g/mol. The highest BCUT2D eigenvalue weighted by Gasteiger charge is 2.50. The van der Waals surface area contributed by atoms with Gasteiger partial charge in [-0.25, -0.2) is 0 Å². The van der Waals surface area contributed by atoms with Gasteiger partial charge in [0.25, 0.3) is 0 Å². The molecule has 1 fully saturated rings. The summed E-state index contributed by atoms with van der Waals surface area (Å²) in [6.45, 7) is 1.36. The Balaban J connectivity index is 1.99. The van der Waals surface area contributed by atoms with E-state index in [1.54, 1.807) is 0 Å². The molecule has 1 aliphatic rings. The third kappa shape index (κ3) is 3.44. The lowest BCUT2D eigenvalue weighted by molar-refractivity contribution is -0.255. The van der Waals surface area contributed by atoms with Crippen molar-refractivity contribution in [2.24, 2.45) is 5.92 Å². The summed E-state index contributed by atoms with van der Waals surface area (Å²) in [6.07, 6.45) is -2.02. The maximum Gasteiger partial charge on any atom is 0.119 e. The van der Waals surface area contributed by atoms with Gasteiger partial charge in [0.1, 0.15) is 23.9 Å². The first-order valence-electron chi connectivity index (χ1n) is 7.34. The van der Waals surface area contributed by atoms with Crippen LogP contribution in [-0.4, -0.2) is 57.6 Å². The topological polar surface area (TPSA) is 90.2 Å². The minimum Gasteiger partial charge on any atom is -0.394 e. The van der Waals surface area contributed by atoms with Crippen LogP contribution in [0.25, 0.3) is 0 Å². The van der Waals surface area contributed by atoms with Gasteiger partial charge in [-0.2, -0.15) is 0 Å². The van der Waals surface area contributed by atoms with Gasteiger partial charge in [-0.1, -0.05) is 37.3 Å². The Labute approximate surface area is 124 Å². The second-order valence-electron chi connectivity index (χ2n) is 5.88. The summed E-state index contributed by atoms with van der Waals surface area (Å²) in [5.74, 6) is -0.248. The smallest absolute Gasteiger partial charge is 0.119 e. The van der Waals surface area contributed by atoms with E-state index < -0.39 is 23.9 Å². The summed E-state index contributed by atoms with van der Waals surface area (Å²) in [5, 5.41) is 39.8. The van der Waals surface area contributed by atoms with Crippen LogP contribution >= 0.6 is 0 Å². The summed E-state index contributed by atoms with van der Waals surface area (Å²) in [4.78, 5) is 0. The van der Waals surface area contributed by atoms with Crippen molar-refractivity contribution in [3.05, 3.63) is 35.9 Å². The molecule has 0 aromatic heterocycles. The Kier molecular flexibility index (Phi) is 5.35. The molecule has 0 spiro atoms. The van der Waals surface area contributed by atoms with E-state index in [-0.39, 0.29) is 19.1 Å². The first kappa shape index (κ1) is 16.4. The van der Waals surface area contributed by atoms with Crippen LogP contribution in [0.5, 0.6) is 0 Å². The Morgan fingerprint density at radius 1 is 1.29 bits per heavy atom. The van der Waals surface area contributed by atoms with Gasteiger partial charge in [0.05, 0.1) is 13.2 Å². The highest BCUT2D eigenvalue weighted by atomic mass is 16.5. The molecule has 5 nitrogen and oxygen atoms in total. The van der Waals surface area contributed by atoms with Crippen LogP contribution in [0.2, 0.25) is 0 Å². The molecule has 21 heavy (non-hydrogen) atoms. The zero-order chi connectivity index (χ0) is 15.5. The predicted octanol–water partition coefficient (Wildman–Crippen LogP) is 0.0993. The summed E-state index contributed by atoms with van der Waals surface area (Å²) in [7, 11) is 0. The molecule has 1 aromatic carbocycles. The van der Waals surface area contributed by atoms with Crippen LogP contribution in [-0.2, 0) is 11.2 Å². The van der Waals surface area contributed by atoms with Gasteiger partial charge in [0, 0.05) is 0 Å². The molecule has 1 unspecified atom stereocenters. The van der Waals surface area contributed by atoms with Crippen LogP contribution in [0.15, 0.2) is 30.3 Å². The molecule has 0 amide bonds. The molecule has 0 bridgehead atoms. The van der Waals surface area contributed by atoms with Gasteiger partial charge in [0.2, 0.25) is 0 Å². The lowest BCUT2D eigenvalue weighted by Gasteiger charge is -2.46. The maximum absolute atomic E-state index is 10.7. The second kappa shape index (κ2) is 6.85. The van der Waals surface area contributed by atoms with Crippen molar-refractivity contribution in [2.45, 2.75) is 43.7 Å². The standard InChI is InChI=1S/C16H24O5/c1-11(7-8-12-5-3-2-4-6-12)16(20)10-21-13(9-17)14(18)15(16)19/h2-6,11,13-15,17-20H,7-10H2,1H3/t11?,13-,14-,15+,16+/m1/s1. The molecule has 1 saturated heterocycles. The van der Waals surface area contributed by atoms with Crippen molar-refractivity contribution in [2.75, 3.05) is 13.2 Å². The van der Waals surface area contributed by atoms with Gasteiger partial charge in [-0.3, -0.25) is 0 Å². The van der Waals surface area contributed by atoms with Crippen molar-refractivity contribution < 1.29 is 25.2 Å². The molecule has 1 aliphatic heterocycles. The van der Waals surface area contributed by atoms with E-state index in [0.717, 1.165) is 12.0 Å². The number of benzene rings is 1. The number of aryl methyl sites for hydroxylation is 1. The Morgan fingerprint density at radius 2 is 1.95 bits per heavy atom. The number of hydrogen-bond acceptors (Lipinski definition) is 5. The lowest BCUT2D eigenvalue weighted by Crippen LogP contribution is -2.64.